The minimum absolute atomic E-state index is 0.338. The molecule has 0 N–H and O–H groups in total. The Hall–Kier alpha value is -2.16. The molecule has 162 valence electrons. The highest BCUT2D eigenvalue weighted by Gasteiger charge is 2.40. The SMILES string of the molecule is CC[B-](CC)(CC)C1N(c2c(C)cc(C)cc2C)C=CN1c1c(C)cc(C)cc1C. The second kappa shape index (κ2) is 8.53. The molecule has 0 spiro atoms. The average molecular weight is 403 g/mol. The summed E-state index contributed by atoms with van der Waals surface area (Å²) in [6, 6.07) is 9.66. The summed E-state index contributed by atoms with van der Waals surface area (Å²) in [5.74, 6) is 0. The molecule has 2 aromatic carbocycles. The first-order valence-corrected chi connectivity index (χ1v) is 11.8. The highest BCUT2D eigenvalue weighted by molar-refractivity contribution is 6.82. The van der Waals surface area contributed by atoms with Crippen molar-refractivity contribution in [3.8, 4) is 0 Å². The fourth-order valence-electron chi connectivity index (χ4n) is 6.21. The second-order valence-corrected chi connectivity index (χ2v) is 9.82. The van der Waals surface area contributed by atoms with Gasteiger partial charge >= 0.3 is 0 Å². The highest BCUT2D eigenvalue weighted by Crippen LogP contribution is 2.42. The maximum absolute atomic E-state index is 2.60. The lowest BCUT2D eigenvalue weighted by atomic mass is 9.18. The van der Waals surface area contributed by atoms with Crippen molar-refractivity contribution in [3.05, 3.63) is 70.0 Å². The molecular weight excluding hydrogens is 363 g/mol. The van der Waals surface area contributed by atoms with Gasteiger partial charge in [0.15, 0.2) is 0 Å². The summed E-state index contributed by atoms with van der Waals surface area (Å²) in [5, 5.41) is 0. The van der Waals surface area contributed by atoms with Crippen LogP contribution in [0.3, 0.4) is 0 Å². The van der Waals surface area contributed by atoms with E-state index in [-0.39, 0.29) is 0 Å². The Morgan fingerprint density at radius 2 is 0.900 bits per heavy atom. The molecule has 0 amide bonds. The van der Waals surface area contributed by atoms with Crippen LogP contribution in [0, 0.1) is 41.5 Å². The standard InChI is InChI=1S/C27H40BN2/c1-10-28(11-2,12-3)27-29(25-21(6)15-19(4)16-22(25)7)13-14-30(27)26-23(8)17-20(5)18-24(26)9/h13-18,27H,10-12H2,1-9H3/q-1. The van der Waals surface area contributed by atoms with E-state index in [9.17, 15) is 0 Å². The van der Waals surface area contributed by atoms with Crippen molar-refractivity contribution in [1.82, 2.24) is 0 Å². The number of anilines is 2. The minimum atomic E-state index is -0.610. The normalized spacial score (nSPS) is 14.8. The monoisotopic (exact) mass is 403 g/mol. The van der Waals surface area contributed by atoms with Crippen molar-refractivity contribution < 1.29 is 0 Å². The van der Waals surface area contributed by atoms with Crippen LogP contribution >= 0.6 is 0 Å². The lowest BCUT2D eigenvalue weighted by molar-refractivity contribution is 0.817. The molecule has 3 rings (SSSR count). The van der Waals surface area contributed by atoms with E-state index in [2.05, 4.69) is 109 Å². The third-order valence-electron chi connectivity index (χ3n) is 7.82. The molecule has 0 fully saturated rings. The third kappa shape index (κ3) is 3.68. The Labute approximate surface area is 184 Å². The van der Waals surface area contributed by atoms with Crippen molar-refractivity contribution in [2.24, 2.45) is 0 Å². The van der Waals surface area contributed by atoms with E-state index in [1.54, 1.807) is 0 Å². The zero-order valence-corrected chi connectivity index (χ0v) is 20.6. The number of hydrogen-bond acceptors (Lipinski definition) is 2. The highest BCUT2D eigenvalue weighted by atomic mass is 15.4. The van der Waals surface area contributed by atoms with Crippen molar-refractivity contribution in [2.45, 2.75) is 87.3 Å². The van der Waals surface area contributed by atoms with Gasteiger partial charge in [-0.3, -0.25) is 0 Å². The summed E-state index contributed by atoms with van der Waals surface area (Å²) in [7, 11) is 0. The Bertz CT molecular complexity index is 834. The van der Waals surface area contributed by atoms with Crippen molar-refractivity contribution in [2.75, 3.05) is 9.80 Å². The molecule has 0 saturated carbocycles. The Morgan fingerprint density at radius 1 is 0.600 bits per heavy atom. The summed E-state index contributed by atoms with van der Waals surface area (Å²) >= 11 is 0. The van der Waals surface area contributed by atoms with E-state index in [0.29, 0.717) is 6.07 Å². The van der Waals surface area contributed by atoms with Crippen LogP contribution in [0.15, 0.2) is 36.7 Å². The minimum Gasteiger partial charge on any atom is -0.360 e. The third-order valence-corrected chi connectivity index (χ3v) is 7.82. The molecular formula is C27H40BN2-. The molecule has 3 heteroatoms. The first kappa shape index (κ1) is 22.5. The van der Waals surface area contributed by atoms with Crippen LogP contribution < -0.4 is 9.80 Å². The van der Waals surface area contributed by atoms with Gasteiger partial charge in [0.05, 0.1) is 0 Å². The van der Waals surface area contributed by atoms with E-state index in [1.807, 2.05) is 0 Å². The number of rotatable bonds is 6. The molecule has 0 aromatic heterocycles. The molecule has 0 radical (unpaired) electrons. The first-order chi connectivity index (χ1) is 14.2. The second-order valence-electron chi connectivity index (χ2n) is 9.82. The fourth-order valence-corrected chi connectivity index (χ4v) is 6.21. The molecule has 0 saturated heterocycles. The lowest BCUT2D eigenvalue weighted by Crippen LogP contribution is -2.60. The zero-order chi connectivity index (χ0) is 22.2. The number of hydrogen-bond donors (Lipinski definition) is 0. The van der Waals surface area contributed by atoms with Gasteiger partial charge < -0.3 is 9.80 Å². The number of nitrogens with zero attached hydrogens (tertiary/aromatic N) is 2. The average Bonchev–Trinajstić information content (AvgIpc) is 3.07. The topological polar surface area (TPSA) is 6.48 Å². The van der Waals surface area contributed by atoms with Gasteiger partial charge in [0.2, 0.25) is 0 Å². The number of benzene rings is 2. The quantitative estimate of drug-likeness (QED) is 0.456. The summed E-state index contributed by atoms with van der Waals surface area (Å²) in [6.07, 6.45) is 7.74. The van der Waals surface area contributed by atoms with E-state index >= 15 is 0 Å². The van der Waals surface area contributed by atoms with Gasteiger partial charge in [-0.1, -0.05) is 56.2 Å². The van der Waals surface area contributed by atoms with Crippen molar-refractivity contribution >= 4 is 17.5 Å². The lowest BCUT2D eigenvalue weighted by Gasteiger charge is -2.53. The predicted molar refractivity (Wildman–Crippen MR) is 136 cm³/mol. The van der Waals surface area contributed by atoms with Crippen LogP contribution in [0.2, 0.25) is 19.0 Å². The van der Waals surface area contributed by atoms with Gasteiger partial charge in [-0.25, -0.2) is 0 Å². The molecule has 2 aromatic rings. The fraction of sp³-hybridized carbons (Fsp3) is 0.481. The molecule has 2 nitrogen and oxygen atoms in total. The van der Waals surface area contributed by atoms with Gasteiger partial charge in [-0.15, -0.1) is 0 Å². The molecule has 0 unspecified atom stereocenters. The van der Waals surface area contributed by atoms with E-state index in [1.165, 1.54) is 63.7 Å². The summed E-state index contributed by atoms with van der Waals surface area (Å²) in [6.45, 7) is 20.7. The van der Waals surface area contributed by atoms with Crippen LogP contribution in [0.25, 0.3) is 0 Å². The van der Waals surface area contributed by atoms with E-state index in [4.69, 9.17) is 0 Å². The predicted octanol–water partition coefficient (Wildman–Crippen LogP) is 7.71. The van der Waals surface area contributed by atoms with Gasteiger partial charge in [-0.2, -0.15) is 19.0 Å². The van der Waals surface area contributed by atoms with Crippen molar-refractivity contribution in [1.29, 1.82) is 0 Å². The summed E-state index contributed by atoms with van der Waals surface area (Å²) < 4.78 is 0. The van der Waals surface area contributed by atoms with Crippen LogP contribution in [-0.2, 0) is 0 Å². The van der Waals surface area contributed by atoms with Crippen LogP contribution in [-0.4, -0.2) is 12.2 Å². The Balaban J connectivity index is 2.23. The maximum atomic E-state index is 2.60. The molecule has 30 heavy (non-hydrogen) atoms. The molecule has 1 aliphatic heterocycles. The van der Waals surface area contributed by atoms with E-state index in [0.717, 1.165) is 0 Å². The summed E-state index contributed by atoms with van der Waals surface area (Å²) in [4.78, 5) is 5.19. The first-order valence-electron chi connectivity index (χ1n) is 11.8. The van der Waals surface area contributed by atoms with Crippen LogP contribution in [0.1, 0.15) is 54.2 Å². The zero-order valence-electron chi connectivity index (χ0n) is 20.6. The molecule has 1 aliphatic rings. The smallest absolute Gasteiger partial charge is 0.0468 e. The van der Waals surface area contributed by atoms with Crippen LogP contribution in [0.5, 0.6) is 0 Å². The van der Waals surface area contributed by atoms with Gasteiger partial charge in [0.25, 0.3) is 0 Å². The molecule has 0 atom stereocenters. The molecule has 0 bridgehead atoms. The largest absolute Gasteiger partial charge is 0.360 e. The van der Waals surface area contributed by atoms with Gasteiger partial charge in [0, 0.05) is 29.9 Å². The molecule has 1 heterocycles. The number of aryl methyl sites for hydroxylation is 6. The molecule has 0 aliphatic carbocycles. The van der Waals surface area contributed by atoms with Crippen LogP contribution in [0.4, 0.5) is 11.4 Å². The Morgan fingerprint density at radius 3 is 1.17 bits per heavy atom. The van der Waals surface area contributed by atoms with Gasteiger partial charge in [0.1, 0.15) is 0 Å². The van der Waals surface area contributed by atoms with E-state index < -0.39 is 6.15 Å². The summed E-state index contributed by atoms with van der Waals surface area (Å²) in [5.41, 5.74) is 10.9. The van der Waals surface area contributed by atoms with Crippen molar-refractivity contribution in [3.63, 3.8) is 0 Å². The Kier molecular flexibility index (Phi) is 6.41. The maximum Gasteiger partial charge on any atom is 0.0468 e. The van der Waals surface area contributed by atoms with Gasteiger partial charge in [-0.05, 0) is 69.9 Å².